The highest BCUT2D eigenvalue weighted by atomic mass is 19.4. The van der Waals surface area contributed by atoms with Gasteiger partial charge in [-0.1, -0.05) is 65.8 Å². The number of benzene rings is 2. The molecular formula is C43H64F6O8. The minimum atomic E-state index is -4.63. The van der Waals surface area contributed by atoms with Gasteiger partial charge in [-0.25, -0.2) is 9.59 Å². The number of rotatable bonds is 14. The van der Waals surface area contributed by atoms with Crippen LogP contribution in [0.25, 0.3) is 0 Å². The number of alkyl halides is 6. The van der Waals surface area contributed by atoms with Gasteiger partial charge in [0.15, 0.2) is 5.60 Å². The van der Waals surface area contributed by atoms with Gasteiger partial charge in [0.05, 0.1) is 0 Å². The summed E-state index contributed by atoms with van der Waals surface area (Å²) in [5, 5.41) is 18.8. The molecule has 2 aromatic carbocycles. The fraction of sp³-hybridized carbons (Fsp3) is 0.674. The predicted octanol–water partition coefficient (Wildman–Crippen LogP) is 12.5. The highest BCUT2D eigenvalue weighted by Gasteiger charge is 2.49. The van der Waals surface area contributed by atoms with Gasteiger partial charge in [0.1, 0.15) is 28.8 Å². The molecule has 57 heavy (non-hydrogen) atoms. The third kappa shape index (κ3) is 18.7. The van der Waals surface area contributed by atoms with E-state index in [1.165, 1.54) is 0 Å². The molecule has 0 aromatic heterocycles. The van der Waals surface area contributed by atoms with Crippen LogP contribution in [-0.2, 0) is 9.47 Å². The first-order valence-corrected chi connectivity index (χ1v) is 19.3. The first-order valence-electron chi connectivity index (χ1n) is 19.3. The average Bonchev–Trinajstić information content (AvgIpc) is 3.06. The van der Waals surface area contributed by atoms with Crippen LogP contribution in [0.5, 0.6) is 11.5 Å². The minimum Gasteiger partial charge on any atom is -0.428 e. The maximum atomic E-state index is 12.8. The number of carbonyl (C=O) groups excluding carboxylic acids is 2. The summed E-state index contributed by atoms with van der Waals surface area (Å²) < 4.78 is 96.3. The third-order valence-electron chi connectivity index (χ3n) is 10.3. The Balaban J connectivity index is 0.000000570. The highest BCUT2D eigenvalue weighted by molar-refractivity contribution is 5.64. The maximum absolute atomic E-state index is 12.8. The molecular weight excluding hydrogens is 758 g/mol. The lowest BCUT2D eigenvalue weighted by Gasteiger charge is -2.31. The Hall–Kier alpha value is -3.52. The Morgan fingerprint density at radius 2 is 0.912 bits per heavy atom. The van der Waals surface area contributed by atoms with Crippen molar-refractivity contribution in [2.75, 3.05) is 0 Å². The van der Waals surface area contributed by atoms with Gasteiger partial charge in [-0.05, 0) is 145 Å². The van der Waals surface area contributed by atoms with Gasteiger partial charge >= 0.3 is 24.7 Å². The normalized spacial score (nSPS) is 17.3. The van der Waals surface area contributed by atoms with Crippen molar-refractivity contribution in [1.82, 2.24) is 0 Å². The molecule has 2 rings (SSSR count). The summed E-state index contributed by atoms with van der Waals surface area (Å²) >= 11 is 0. The summed E-state index contributed by atoms with van der Waals surface area (Å²) in [7, 11) is 0. The number of carbonyl (C=O) groups is 2. The van der Waals surface area contributed by atoms with Gasteiger partial charge < -0.3 is 29.2 Å². The van der Waals surface area contributed by atoms with E-state index in [1.807, 2.05) is 65.8 Å². The second-order valence-corrected chi connectivity index (χ2v) is 17.5. The summed E-state index contributed by atoms with van der Waals surface area (Å²) in [6.07, 6.45) is -13.1. The molecule has 8 atom stereocenters. The lowest BCUT2D eigenvalue weighted by molar-refractivity contribution is -0.256. The lowest BCUT2D eigenvalue weighted by Crippen LogP contribution is -2.42. The van der Waals surface area contributed by atoms with Crippen molar-refractivity contribution in [3.05, 3.63) is 59.7 Å². The van der Waals surface area contributed by atoms with Crippen molar-refractivity contribution in [1.29, 1.82) is 0 Å². The molecule has 14 heteroatoms. The van der Waals surface area contributed by atoms with Gasteiger partial charge in [0.25, 0.3) is 0 Å². The number of ether oxygens (including phenoxy) is 4. The van der Waals surface area contributed by atoms with Crippen LogP contribution in [0.3, 0.4) is 0 Å². The van der Waals surface area contributed by atoms with Crippen LogP contribution in [0, 0.1) is 23.7 Å². The first kappa shape index (κ1) is 51.5. The molecule has 0 aliphatic rings. The average molecular weight is 823 g/mol. The fourth-order valence-electron chi connectivity index (χ4n) is 5.77. The molecule has 0 saturated heterocycles. The molecule has 2 N–H and O–H groups in total. The van der Waals surface area contributed by atoms with E-state index in [9.17, 15) is 41.0 Å². The highest BCUT2D eigenvalue weighted by Crippen LogP contribution is 2.38. The van der Waals surface area contributed by atoms with Gasteiger partial charge in [0.2, 0.25) is 0 Å². The van der Waals surface area contributed by atoms with E-state index >= 15 is 0 Å². The predicted molar refractivity (Wildman–Crippen MR) is 207 cm³/mol. The van der Waals surface area contributed by atoms with Gasteiger partial charge in [-0.15, -0.1) is 0 Å². The number of hydrogen-bond donors (Lipinski definition) is 2. The van der Waals surface area contributed by atoms with Crippen LogP contribution in [-0.4, -0.2) is 57.8 Å². The van der Waals surface area contributed by atoms with E-state index in [-0.39, 0.29) is 61.2 Å². The second-order valence-electron chi connectivity index (χ2n) is 17.5. The maximum Gasteiger partial charge on any atom is 0.514 e. The summed E-state index contributed by atoms with van der Waals surface area (Å²) in [6.45, 7) is 23.1. The van der Waals surface area contributed by atoms with Gasteiger partial charge in [0, 0.05) is 0 Å². The smallest absolute Gasteiger partial charge is 0.428 e. The van der Waals surface area contributed by atoms with Crippen molar-refractivity contribution in [3.8, 4) is 11.5 Å². The van der Waals surface area contributed by atoms with Crippen LogP contribution in [0.4, 0.5) is 35.9 Å². The zero-order valence-corrected chi connectivity index (χ0v) is 35.6. The molecule has 8 nitrogen and oxygen atoms in total. The van der Waals surface area contributed by atoms with Crippen molar-refractivity contribution in [3.63, 3.8) is 0 Å². The fourth-order valence-corrected chi connectivity index (χ4v) is 5.77. The summed E-state index contributed by atoms with van der Waals surface area (Å²) in [5.74, 6) is 1.08. The topological polar surface area (TPSA) is 112 Å². The SMILES string of the molecule is CC(CCC(C)(O)C(F)(F)F)C(C)C(C)c1ccc(OC(=O)OC(C)(C)C)cc1.CC(CCC(O)C(F)(F)F)C(C)C(C)c1ccc(OC(=O)OC(C)(C)C)cc1. The monoisotopic (exact) mass is 822 g/mol. The number of hydrogen-bond acceptors (Lipinski definition) is 8. The molecule has 0 aliphatic carbocycles. The van der Waals surface area contributed by atoms with E-state index in [2.05, 4.69) is 0 Å². The van der Waals surface area contributed by atoms with Crippen molar-refractivity contribution in [2.24, 2.45) is 23.7 Å². The van der Waals surface area contributed by atoms with E-state index in [1.54, 1.807) is 65.8 Å². The van der Waals surface area contributed by atoms with Gasteiger partial charge in [-0.3, -0.25) is 0 Å². The largest absolute Gasteiger partial charge is 0.514 e. The summed E-state index contributed by atoms with van der Waals surface area (Å²) in [4.78, 5) is 23.4. The Labute approximate surface area is 334 Å². The standard InChI is InChI=1S/C22H33F3O4.C21H31F3O4/c1-14(12-13-21(7,27)22(23,24)25)15(2)16(3)17-8-10-18(11-9-17)28-19(26)29-20(4,5)6;1-13(7-12-18(25)21(22,23)24)14(2)15(3)16-8-10-17(11-9-16)27-19(26)28-20(4,5)6/h8-11,14-16,27H,12-13H2,1-7H3;8-11,13-15,18,25H,7,12H2,1-6H3. The van der Waals surface area contributed by atoms with E-state index in [4.69, 9.17) is 24.1 Å². The summed E-state index contributed by atoms with van der Waals surface area (Å²) in [5.41, 5.74) is -1.98. The lowest BCUT2D eigenvalue weighted by atomic mass is 9.78. The molecule has 0 saturated carbocycles. The first-order chi connectivity index (χ1) is 25.7. The van der Waals surface area contributed by atoms with Crippen LogP contribution >= 0.6 is 0 Å². The number of halogens is 6. The molecule has 2 aromatic rings. The third-order valence-corrected chi connectivity index (χ3v) is 10.3. The zero-order chi connectivity index (χ0) is 44.3. The van der Waals surface area contributed by atoms with Crippen LogP contribution < -0.4 is 9.47 Å². The van der Waals surface area contributed by atoms with Gasteiger partial charge in [-0.2, -0.15) is 26.3 Å². The molecule has 8 unspecified atom stereocenters. The Morgan fingerprint density at radius 1 is 0.579 bits per heavy atom. The summed E-state index contributed by atoms with van der Waals surface area (Å²) in [6, 6.07) is 14.0. The molecule has 0 fully saturated rings. The Kier molecular flexibility index (Phi) is 18.9. The molecule has 0 aliphatic heterocycles. The quantitative estimate of drug-likeness (QED) is 0.110. The number of aliphatic hydroxyl groups is 2. The molecule has 0 radical (unpaired) electrons. The molecule has 0 spiro atoms. The molecule has 0 bridgehead atoms. The van der Waals surface area contributed by atoms with Crippen molar-refractivity contribution >= 4 is 12.3 Å². The van der Waals surface area contributed by atoms with E-state index in [0.717, 1.165) is 18.1 Å². The van der Waals surface area contributed by atoms with Crippen LogP contribution in [0.15, 0.2) is 48.5 Å². The van der Waals surface area contributed by atoms with E-state index < -0.39 is 47.6 Å². The van der Waals surface area contributed by atoms with Crippen LogP contribution in [0.1, 0.15) is 139 Å². The second kappa shape index (κ2) is 20.9. The van der Waals surface area contributed by atoms with E-state index in [0.29, 0.717) is 11.5 Å². The Bertz CT molecular complexity index is 1510. The Morgan fingerprint density at radius 3 is 1.21 bits per heavy atom. The van der Waals surface area contributed by atoms with Crippen LogP contribution in [0.2, 0.25) is 0 Å². The zero-order valence-electron chi connectivity index (χ0n) is 35.6. The molecule has 0 heterocycles. The van der Waals surface area contributed by atoms with Crippen molar-refractivity contribution < 1.29 is 65.1 Å². The molecule has 326 valence electrons. The molecule has 0 amide bonds. The minimum absolute atomic E-state index is 0.00434. The van der Waals surface area contributed by atoms with Crippen molar-refractivity contribution in [2.45, 2.75) is 163 Å². The number of aliphatic hydroxyl groups excluding tert-OH is 1.